The second-order valence-corrected chi connectivity index (χ2v) is 2.94. The zero-order valence-corrected chi connectivity index (χ0v) is 8.37. The Kier molecular flexibility index (Phi) is 3.73. The Hall–Kier alpha value is -1.98. The summed E-state index contributed by atoms with van der Waals surface area (Å²) in [6.07, 6.45) is 0. The fraction of sp³-hybridized carbons (Fsp3) is 0.333. The minimum Gasteiger partial charge on any atom is -0.436 e. The average molecular weight is 211 g/mol. The molecule has 1 rings (SSSR count). The number of rotatable bonds is 4. The van der Waals surface area contributed by atoms with Gasteiger partial charge in [-0.3, -0.25) is 9.59 Å². The molecule has 1 heterocycles. The molecule has 0 atom stereocenters. The molecule has 0 aliphatic heterocycles. The van der Waals surface area contributed by atoms with Gasteiger partial charge >= 0.3 is 0 Å². The van der Waals surface area contributed by atoms with Crippen LogP contribution in [0.5, 0.6) is 0 Å². The summed E-state index contributed by atoms with van der Waals surface area (Å²) >= 11 is 0. The molecule has 0 spiro atoms. The van der Waals surface area contributed by atoms with Gasteiger partial charge in [0.15, 0.2) is 11.6 Å². The highest BCUT2D eigenvalue weighted by Gasteiger charge is 2.08. The zero-order chi connectivity index (χ0) is 11.3. The monoisotopic (exact) mass is 211 g/mol. The summed E-state index contributed by atoms with van der Waals surface area (Å²) < 4.78 is 4.90. The van der Waals surface area contributed by atoms with Crippen LogP contribution in [0.2, 0.25) is 0 Å². The number of carbonyl (C=O) groups is 2. The highest BCUT2D eigenvalue weighted by atomic mass is 16.4. The first kappa shape index (κ1) is 11.1. The molecule has 0 radical (unpaired) electrons. The van der Waals surface area contributed by atoms with Crippen molar-refractivity contribution in [3.05, 3.63) is 17.9 Å². The van der Waals surface area contributed by atoms with Crippen molar-refractivity contribution in [2.24, 2.45) is 0 Å². The van der Waals surface area contributed by atoms with Crippen LogP contribution in [-0.4, -0.2) is 24.9 Å². The molecule has 1 aromatic heterocycles. The van der Waals surface area contributed by atoms with Crippen LogP contribution in [0.3, 0.4) is 0 Å². The van der Waals surface area contributed by atoms with Crippen molar-refractivity contribution >= 4 is 17.7 Å². The lowest BCUT2D eigenvalue weighted by Crippen LogP contribution is -2.33. The average Bonchev–Trinajstić information content (AvgIpc) is 2.59. The number of nitrogens with two attached hydrogens (primary N) is 1. The van der Waals surface area contributed by atoms with Crippen LogP contribution in [0.25, 0.3) is 0 Å². The number of amides is 2. The van der Waals surface area contributed by atoms with E-state index >= 15 is 0 Å². The highest BCUT2D eigenvalue weighted by molar-refractivity contribution is 5.91. The molecule has 0 fully saturated rings. The second kappa shape index (κ2) is 5.04. The first-order chi connectivity index (χ1) is 7.09. The van der Waals surface area contributed by atoms with Crippen LogP contribution in [0.4, 0.5) is 5.88 Å². The summed E-state index contributed by atoms with van der Waals surface area (Å²) in [5.74, 6) is -0.124. The summed E-state index contributed by atoms with van der Waals surface area (Å²) in [6, 6.07) is 2.99. The first-order valence-corrected chi connectivity index (χ1v) is 4.47. The Labute approximate surface area is 86.8 Å². The molecule has 0 unspecified atom stereocenters. The van der Waals surface area contributed by atoms with Gasteiger partial charge in [0.05, 0.1) is 0 Å². The third-order valence-electron chi connectivity index (χ3n) is 1.64. The van der Waals surface area contributed by atoms with Crippen LogP contribution >= 0.6 is 0 Å². The Balaban J connectivity index is 2.28. The number of hydrogen-bond donors (Lipinski definition) is 3. The summed E-state index contributed by atoms with van der Waals surface area (Å²) in [5.41, 5.74) is 5.31. The second-order valence-electron chi connectivity index (χ2n) is 2.94. The summed E-state index contributed by atoms with van der Waals surface area (Å²) in [4.78, 5) is 21.8. The molecule has 0 aromatic carbocycles. The van der Waals surface area contributed by atoms with E-state index in [0.29, 0.717) is 13.1 Å². The van der Waals surface area contributed by atoms with Crippen LogP contribution in [0.1, 0.15) is 17.5 Å². The van der Waals surface area contributed by atoms with Gasteiger partial charge in [0.25, 0.3) is 5.91 Å². The van der Waals surface area contributed by atoms with Gasteiger partial charge in [0.2, 0.25) is 5.91 Å². The molecular formula is C9H13N3O3. The summed E-state index contributed by atoms with van der Waals surface area (Å²) in [5, 5.41) is 5.11. The minimum atomic E-state index is -0.350. The minimum absolute atomic E-state index is 0.133. The Morgan fingerprint density at radius 2 is 2.00 bits per heavy atom. The van der Waals surface area contributed by atoms with E-state index in [1.54, 1.807) is 0 Å². The molecule has 0 saturated carbocycles. The molecule has 0 aliphatic rings. The van der Waals surface area contributed by atoms with Gasteiger partial charge in [0.1, 0.15) is 0 Å². The summed E-state index contributed by atoms with van der Waals surface area (Å²) in [6.45, 7) is 2.14. The van der Waals surface area contributed by atoms with E-state index in [0.717, 1.165) is 0 Å². The lowest BCUT2D eigenvalue weighted by atomic mass is 10.4. The molecule has 0 bridgehead atoms. The topological polar surface area (TPSA) is 97.4 Å². The normalized spacial score (nSPS) is 9.67. The van der Waals surface area contributed by atoms with Crippen LogP contribution in [0, 0.1) is 0 Å². The summed E-state index contributed by atoms with van der Waals surface area (Å²) in [7, 11) is 0. The van der Waals surface area contributed by atoms with Crippen molar-refractivity contribution in [3.8, 4) is 0 Å². The number of furan rings is 1. The van der Waals surface area contributed by atoms with Crippen molar-refractivity contribution in [1.82, 2.24) is 10.6 Å². The van der Waals surface area contributed by atoms with Gasteiger partial charge < -0.3 is 20.8 Å². The molecule has 0 aliphatic carbocycles. The smallest absolute Gasteiger partial charge is 0.287 e. The Morgan fingerprint density at radius 1 is 1.33 bits per heavy atom. The van der Waals surface area contributed by atoms with Crippen molar-refractivity contribution in [3.63, 3.8) is 0 Å². The number of carbonyl (C=O) groups excluding carboxylic acids is 2. The molecule has 2 amide bonds. The Morgan fingerprint density at radius 3 is 2.53 bits per heavy atom. The molecule has 15 heavy (non-hydrogen) atoms. The maximum absolute atomic E-state index is 11.3. The lowest BCUT2D eigenvalue weighted by Gasteiger charge is -2.03. The van der Waals surface area contributed by atoms with E-state index in [1.165, 1.54) is 19.1 Å². The van der Waals surface area contributed by atoms with E-state index in [4.69, 9.17) is 10.2 Å². The predicted molar refractivity (Wildman–Crippen MR) is 54.1 cm³/mol. The molecule has 4 N–H and O–H groups in total. The SMILES string of the molecule is CC(=O)NCCNC(=O)c1ccc(N)o1. The number of nitrogen functional groups attached to an aromatic ring is 1. The van der Waals surface area contributed by atoms with Gasteiger partial charge in [0, 0.05) is 26.1 Å². The van der Waals surface area contributed by atoms with Gasteiger partial charge in [-0.25, -0.2) is 0 Å². The first-order valence-electron chi connectivity index (χ1n) is 4.47. The third kappa shape index (κ3) is 3.72. The number of nitrogens with one attached hydrogen (secondary N) is 2. The number of hydrogen-bond acceptors (Lipinski definition) is 4. The van der Waals surface area contributed by atoms with Crippen molar-refractivity contribution < 1.29 is 14.0 Å². The lowest BCUT2D eigenvalue weighted by molar-refractivity contribution is -0.118. The van der Waals surface area contributed by atoms with E-state index in [2.05, 4.69) is 10.6 Å². The third-order valence-corrected chi connectivity index (χ3v) is 1.64. The maximum atomic E-state index is 11.3. The fourth-order valence-corrected chi connectivity index (χ4v) is 0.977. The van der Waals surface area contributed by atoms with E-state index in [9.17, 15) is 9.59 Å². The van der Waals surface area contributed by atoms with Crippen LogP contribution < -0.4 is 16.4 Å². The largest absolute Gasteiger partial charge is 0.436 e. The molecule has 6 heteroatoms. The van der Waals surface area contributed by atoms with Crippen molar-refractivity contribution in [1.29, 1.82) is 0 Å². The van der Waals surface area contributed by atoms with E-state index in [1.807, 2.05) is 0 Å². The van der Waals surface area contributed by atoms with Gasteiger partial charge in [-0.05, 0) is 6.07 Å². The molecule has 1 aromatic rings. The number of anilines is 1. The molecular weight excluding hydrogens is 198 g/mol. The fourth-order valence-electron chi connectivity index (χ4n) is 0.977. The highest BCUT2D eigenvalue weighted by Crippen LogP contribution is 2.08. The van der Waals surface area contributed by atoms with Crippen molar-refractivity contribution in [2.75, 3.05) is 18.8 Å². The van der Waals surface area contributed by atoms with Gasteiger partial charge in [-0.1, -0.05) is 0 Å². The zero-order valence-electron chi connectivity index (χ0n) is 8.37. The van der Waals surface area contributed by atoms with Crippen LogP contribution in [-0.2, 0) is 4.79 Å². The molecule has 6 nitrogen and oxygen atoms in total. The van der Waals surface area contributed by atoms with Gasteiger partial charge in [-0.2, -0.15) is 0 Å². The van der Waals surface area contributed by atoms with Crippen molar-refractivity contribution in [2.45, 2.75) is 6.92 Å². The van der Waals surface area contributed by atoms with Crippen LogP contribution in [0.15, 0.2) is 16.5 Å². The quantitative estimate of drug-likeness (QED) is 0.597. The van der Waals surface area contributed by atoms with E-state index < -0.39 is 0 Å². The predicted octanol–water partition coefficient (Wildman–Crippen LogP) is -0.272. The van der Waals surface area contributed by atoms with E-state index in [-0.39, 0.29) is 23.5 Å². The standard InChI is InChI=1S/C9H13N3O3/c1-6(13)11-4-5-12-9(14)7-2-3-8(10)15-7/h2-3H,4-5,10H2,1H3,(H,11,13)(H,12,14). The Bertz CT molecular complexity index is 359. The maximum Gasteiger partial charge on any atom is 0.287 e. The molecule has 0 saturated heterocycles. The molecule has 82 valence electrons. The van der Waals surface area contributed by atoms with Gasteiger partial charge in [-0.15, -0.1) is 0 Å².